The first-order valence-corrected chi connectivity index (χ1v) is 13.6. The summed E-state index contributed by atoms with van der Waals surface area (Å²) in [5.74, 6) is 0.425. The molecular weight excluding hydrogens is 479 g/mol. The van der Waals surface area contributed by atoms with Crippen molar-refractivity contribution in [2.45, 2.75) is 62.7 Å². The van der Waals surface area contributed by atoms with Crippen LogP contribution in [-0.2, 0) is 20.7 Å². The quantitative estimate of drug-likeness (QED) is 0.578. The summed E-state index contributed by atoms with van der Waals surface area (Å²) < 4.78 is 25.5. The summed E-state index contributed by atoms with van der Waals surface area (Å²) >= 11 is 1.79. The van der Waals surface area contributed by atoms with Crippen LogP contribution in [0.25, 0.3) is 0 Å². The minimum atomic E-state index is -0.650. The zero-order valence-corrected chi connectivity index (χ0v) is 21.8. The average Bonchev–Trinajstić information content (AvgIpc) is 2.86. The zero-order chi connectivity index (χ0) is 25.4. The third-order valence-electron chi connectivity index (χ3n) is 7.07. The Kier molecular flexibility index (Phi) is 7.01. The third-order valence-corrected chi connectivity index (χ3v) is 8.36. The van der Waals surface area contributed by atoms with E-state index in [-0.39, 0.29) is 35.2 Å². The third kappa shape index (κ3) is 5.11. The van der Waals surface area contributed by atoms with Crippen LogP contribution in [0.15, 0.2) is 48.5 Å². The molecule has 0 aliphatic carbocycles. The lowest BCUT2D eigenvalue weighted by Gasteiger charge is -2.46. The van der Waals surface area contributed by atoms with Crippen molar-refractivity contribution >= 4 is 23.8 Å². The van der Waals surface area contributed by atoms with Crippen molar-refractivity contribution in [2.24, 2.45) is 0 Å². The highest BCUT2D eigenvalue weighted by atomic mass is 32.2. The number of hydrogen-bond acceptors (Lipinski definition) is 5. The number of fused-ring (bicyclic) bond motifs is 2. The van der Waals surface area contributed by atoms with Gasteiger partial charge in [-0.1, -0.05) is 36.4 Å². The molecule has 0 unspecified atom stereocenters. The van der Waals surface area contributed by atoms with Gasteiger partial charge >= 0.3 is 6.09 Å². The van der Waals surface area contributed by atoms with Crippen molar-refractivity contribution in [3.63, 3.8) is 0 Å². The highest BCUT2D eigenvalue weighted by Gasteiger charge is 2.45. The first-order chi connectivity index (χ1) is 17.2. The van der Waals surface area contributed by atoms with Gasteiger partial charge in [-0.2, -0.15) is 11.8 Å². The van der Waals surface area contributed by atoms with Crippen molar-refractivity contribution in [1.29, 1.82) is 0 Å². The lowest BCUT2D eigenvalue weighted by atomic mass is 9.87. The summed E-state index contributed by atoms with van der Waals surface area (Å²) in [7, 11) is 0. The Morgan fingerprint density at radius 2 is 1.81 bits per heavy atom. The molecule has 3 aliphatic rings. The van der Waals surface area contributed by atoms with Crippen LogP contribution in [0.3, 0.4) is 0 Å². The SMILES string of the molecule is CC(C)(C)OC(=O)N1CCS[C@H]2CO[C@@H](C(=O)N3CCc4ccccc4[C@@H]3c3ccc(F)cc3)C[C@@H]21. The van der Waals surface area contributed by atoms with E-state index in [2.05, 4.69) is 6.07 Å². The van der Waals surface area contributed by atoms with Crippen LogP contribution in [0.4, 0.5) is 9.18 Å². The number of ether oxygens (including phenoxy) is 2. The lowest BCUT2D eigenvalue weighted by Crippen LogP contribution is -2.59. The molecule has 0 bridgehead atoms. The number of amides is 2. The van der Waals surface area contributed by atoms with E-state index in [1.807, 2.05) is 43.9 Å². The van der Waals surface area contributed by atoms with Crippen LogP contribution in [0, 0.1) is 5.82 Å². The van der Waals surface area contributed by atoms with Gasteiger partial charge in [0.05, 0.1) is 18.7 Å². The fourth-order valence-electron chi connectivity index (χ4n) is 5.43. The Bertz CT molecular complexity index is 1120. The van der Waals surface area contributed by atoms with Crippen LogP contribution >= 0.6 is 11.8 Å². The van der Waals surface area contributed by atoms with Crippen molar-refractivity contribution in [3.05, 3.63) is 71.0 Å². The number of carbonyl (C=O) groups is 2. The first kappa shape index (κ1) is 25.1. The molecule has 3 aliphatic heterocycles. The molecule has 0 aromatic heterocycles. The van der Waals surface area contributed by atoms with Crippen LogP contribution in [0.2, 0.25) is 0 Å². The number of rotatable bonds is 2. The maximum Gasteiger partial charge on any atom is 0.410 e. The first-order valence-electron chi connectivity index (χ1n) is 12.6. The number of benzene rings is 2. The van der Waals surface area contributed by atoms with E-state index in [4.69, 9.17) is 9.47 Å². The van der Waals surface area contributed by atoms with Gasteiger partial charge in [-0.25, -0.2) is 9.18 Å². The smallest absolute Gasteiger partial charge is 0.410 e. The maximum absolute atomic E-state index is 14.0. The number of carbonyl (C=O) groups excluding carboxylic acids is 2. The Hall–Kier alpha value is -2.58. The standard InChI is InChI=1S/C28H33FN2O4S/c1-28(2,3)35-27(33)30-14-15-36-24-17-34-23(16-22(24)30)26(32)31-13-12-18-6-4-5-7-21(18)25(31)19-8-10-20(29)11-9-19/h4-11,22-25H,12-17H2,1-3H3/t22-,23+,24-,25-/m0/s1. The van der Waals surface area contributed by atoms with E-state index in [9.17, 15) is 14.0 Å². The monoisotopic (exact) mass is 512 g/mol. The number of nitrogens with zero attached hydrogens (tertiary/aromatic N) is 2. The number of halogens is 1. The van der Waals surface area contributed by atoms with E-state index in [1.54, 1.807) is 28.8 Å². The molecular formula is C28H33FN2O4S. The molecule has 0 saturated carbocycles. The second-order valence-corrected chi connectivity index (χ2v) is 12.0. The van der Waals surface area contributed by atoms with Gasteiger partial charge < -0.3 is 19.3 Å². The fourth-order valence-corrected chi connectivity index (χ4v) is 6.69. The molecule has 2 saturated heterocycles. The van der Waals surface area contributed by atoms with Gasteiger partial charge in [-0.15, -0.1) is 0 Å². The topological polar surface area (TPSA) is 59.1 Å². The highest BCUT2D eigenvalue weighted by Crippen LogP contribution is 2.38. The predicted octanol–water partition coefficient (Wildman–Crippen LogP) is 4.81. The number of hydrogen-bond donors (Lipinski definition) is 0. The molecule has 36 heavy (non-hydrogen) atoms. The molecule has 8 heteroatoms. The minimum Gasteiger partial charge on any atom is -0.444 e. The molecule has 0 radical (unpaired) electrons. The van der Waals surface area contributed by atoms with Gasteiger partial charge in [0.1, 0.15) is 17.5 Å². The fraction of sp³-hybridized carbons (Fsp3) is 0.500. The zero-order valence-electron chi connectivity index (χ0n) is 21.0. The molecule has 4 atom stereocenters. The van der Waals surface area contributed by atoms with E-state index >= 15 is 0 Å². The molecule has 2 fully saturated rings. The molecule has 2 aromatic rings. The van der Waals surface area contributed by atoms with Gasteiger partial charge in [0.2, 0.25) is 0 Å². The average molecular weight is 513 g/mol. The molecule has 5 rings (SSSR count). The summed E-state index contributed by atoms with van der Waals surface area (Å²) in [5, 5.41) is 0.116. The highest BCUT2D eigenvalue weighted by molar-refractivity contribution is 8.00. The van der Waals surface area contributed by atoms with E-state index in [0.717, 1.165) is 23.3 Å². The molecule has 0 spiro atoms. The van der Waals surface area contributed by atoms with Crippen LogP contribution in [0.1, 0.15) is 49.9 Å². The van der Waals surface area contributed by atoms with Gasteiger partial charge in [-0.05, 0) is 56.0 Å². The van der Waals surface area contributed by atoms with Gasteiger partial charge in [0, 0.05) is 30.5 Å². The van der Waals surface area contributed by atoms with Crippen molar-refractivity contribution in [3.8, 4) is 0 Å². The predicted molar refractivity (Wildman–Crippen MR) is 137 cm³/mol. The molecule has 192 valence electrons. The van der Waals surface area contributed by atoms with Crippen molar-refractivity contribution < 1.29 is 23.5 Å². The summed E-state index contributed by atoms with van der Waals surface area (Å²) in [6.45, 7) is 7.15. The Balaban J connectivity index is 1.40. The summed E-state index contributed by atoms with van der Waals surface area (Å²) in [4.78, 5) is 30.6. The molecule has 3 heterocycles. The van der Waals surface area contributed by atoms with Crippen LogP contribution in [-0.4, -0.2) is 70.2 Å². The molecule has 6 nitrogen and oxygen atoms in total. The largest absolute Gasteiger partial charge is 0.444 e. The van der Waals surface area contributed by atoms with Gasteiger partial charge in [-0.3, -0.25) is 4.79 Å². The Labute approximate surface area is 216 Å². The maximum atomic E-state index is 14.0. The van der Waals surface area contributed by atoms with Crippen LogP contribution in [0.5, 0.6) is 0 Å². The van der Waals surface area contributed by atoms with Gasteiger partial charge in [0.25, 0.3) is 5.91 Å². The van der Waals surface area contributed by atoms with E-state index in [0.29, 0.717) is 26.1 Å². The Morgan fingerprint density at radius 3 is 2.56 bits per heavy atom. The second kappa shape index (κ2) is 10.1. The molecule has 2 amide bonds. The summed E-state index contributed by atoms with van der Waals surface area (Å²) in [6.07, 6.45) is 0.201. The molecule has 0 N–H and O–H groups in total. The summed E-state index contributed by atoms with van der Waals surface area (Å²) in [5.41, 5.74) is 2.54. The Morgan fingerprint density at radius 1 is 1.06 bits per heavy atom. The molecule has 2 aromatic carbocycles. The minimum absolute atomic E-state index is 0.0861. The van der Waals surface area contributed by atoms with Crippen molar-refractivity contribution in [2.75, 3.05) is 25.4 Å². The van der Waals surface area contributed by atoms with Crippen molar-refractivity contribution in [1.82, 2.24) is 9.80 Å². The lowest BCUT2D eigenvalue weighted by molar-refractivity contribution is -0.151. The van der Waals surface area contributed by atoms with Gasteiger partial charge in [0.15, 0.2) is 0 Å². The van der Waals surface area contributed by atoms with Crippen LogP contribution < -0.4 is 0 Å². The van der Waals surface area contributed by atoms with E-state index < -0.39 is 11.7 Å². The summed E-state index contributed by atoms with van der Waals surface area (Å²) in [6, 6.07) is 14.1. The number of thioether (sulfide) groups is 1. The normalized spacial score (nSPS) is 26.1. The second-order valence-electron chi connectivity index (χ2n) is 10.6. The van der Waals surface area contributed by atoms with E-state index in [1.165, 1.54) is 17.7 Å².